The molecule has 5 N–H and O–H groups in total. The molecule has 0 aliphatic carbocycles. The number of benzene rings is 2. The van der Waals surface area contributed by atoms with Gasteiger partial charge in [-0.25, -0.2) is 9.59 Å². The van der Waals surface area contributed by atoms with Crippen LogP contribution in [0.15, 0.2) is 30.3 Å². The molecule has 0 aliphatic heterocycles. The number of amides is 3. The van der Waals surface area contributed by atoms with Crippen molar-refractivity contribution in [3.05, 3.63) is 46.5 Å². The molecular weight excluding hydrogens is 458 g/mol. The molecule has 0 bridgehead atoms. The van der Waals surface area contributed by atoms with Crippen LogP contribution in [0, 0.1) is 6.92 Å². The molecule has 0 fully saturated rings. The van der Waals surface area contributed by atoms with Crippen molar-refractivity contribution in [1.29, 1.82) is 0 Å². The first-order valence-corrected chi connectivity index (χ1v) is 9.79. The molecule has 0 aliphatic rings. The Bertz CT molecular complexity index is 1070. The van der Waals surface area contributed by atoms with Gasteiger partial charge in [0.15, 0.2) is 11.5 Å². The van der Waals surface area contributed by atoms with Gasteiger partial charge in [0.05, 0.1) is 42.6 Å². The molecule has 0 saturated heterocycles. The van der Waals surface area contributed by atoms with Gasteiger partial charge in [-0.15, -0.1) is 0 Å². The van der Waals surface area contributed by atoms with Gasteiger partial charge in [-0.1, -0.05) is 23.7 Å². The number of aliphatic carboxylic acids is 2. The summed E-state index contributed by atoms with van der Waals surface area (Å²) in [6, 6.07) is 5.14. The van der Waals surface area contributed by atoms with Crippen LogP contribution < -0.4 is 25.4 Å². The number of anilines is 2. The highest BCUT2D eigenvalue weighted by atomic mass is 35.5. The molecule has 12 heteroatoms. The van der Waals surface area contributed by atoms with Crippen LogP contribution in [0.2, 0.25) is 5.02 Å². The molecule has 0 aromatic heterocycles. The highest BCUT2D eigenvalue weighted by Gasteiger charge is 2.26. The van der Waals surface area contributed by atoms with Crippen molar-refractivity contribution in [1.82, 2.24) is 5.32 Å². The topological polar surface area (TPSA) is 163 Å². The van der Waals surface area contributed by atoms with E-state index >= 15 is 0 Å². The number of hydrogen-bond donors (Lipinski definition) is 5. The van der Waals surface area contributed by atoms with Gasteiger partial charge in [0.1, 0.15) is 6.04 Å². The number of nitrogens with one attached hydrogen (secondary N) is 3. The maximum absolute atomic E-state index is 12.8. The van der Waals surface area contributed by atoms with E-state index < -0.39 is 36.3 Å². The van der Waals surface area contributed by atoms with Crippen LogP contribution in [0.1, 0.15) is 22.3 Å². The van der Waals surface area contributed by atoms with E-state index in [0.717, 1.165) is 0 Å². The van der Waals surface area contributed by atoms with Crippen molar-refractivity contribution in [3.63, 3.8) is 0 Å². The molecule has 11 nitrogen and oxygen atoms in total. The standard InChI is InChI=1S/C21H22ClN3O8/c1-10-5-4-6-12(22)18(10)25-21(31)24-13-8-16(33-3)15(32-2)7-11(13)19(28)23-14(20(29)30)9-17(26)27/h4-8,14H,9H2,1-3H3,(H,23,28)(H,26,27)(H,29,30)(H2,24,25,31)/t14-/m0/s1. The third-order valence-electron chi connectivity index (χ3n) is 4.46. The SMILES string of the molecule is COc1cc(NC(=O)Nc2c(C)cccc2Cl)c(C(=O)N[C@@H](CC(=O)O)C(=O)O)cc1OC. The first-order valence-electron chi connectivity index (χ1n) is 9.42. The number of carbonyl (C=O) groups excluding carboxylic acids is 2. The lowest BCUT2D eigenvalue weighted by molar-refractivity contribution is -0.145. The molecule has 0 saturated carbocycles. The van der Waals surface area contributed by atoms with Crippen molar-refractivity contribution in [2.24, 2.45) is 0 Å². The monoisotopic (exact) mass is 479 g/mol. The number of carbonyl (C=O) groups is 4. The molecule has 2 aromatic rings. The second-order valence-electron chi connectivity index (χ2n) is 6.73. The number of rotatable bonds is 9. The minimum Gasteiger partial charge on any atom is -0.493 e. The Balaban J connectivity index is 2.40. The minimum absolute atomic E-state index is 0.0492. The molecule has 1 atom stereocenters. The number of carboxylic acids is 2. The number of urea groups is 1. The van der Waals surface area contributed by atoms with Crippen molar-refractivity contribution in [2.45, 2.75) is 19.4 Å². The lowest BCUT2D eigenvalue weighted by Crippen LogP contribution is -2.42. The molecule has 2 aromatic carbocycles. The van der Waals surface area contributed by atoms with Crippen molar-refractivity contribution >= 4 is 46.9 Å². The van der Waals surface area contributed by atoms with Crippen LogP contribution in [0.4, 0.5) is 16.2 Å². The van der Waals surface area contributed by atoms with Crippen LogP contribution in [-0.4, -0.2) is 54.4 Å². The first-order chi connectivity index (χ1) is 15.6. The molecule has 0 unspecified atom stereocenters. The maximum atomic E-state index is 12.8. The second kappa shape index (κ2) is 11.0. The first kappa shape index (κ1) is 25.3. The summed E-state index contributed by atoms with van der Waals surface area (Å²) in [6.45, 7) is 1.74. The summed E-state index contributed by atoms with van der Waals surface area (Å²) < 4.78 is 10.4. The molecule has 0 heterocycles. The van der Waals surface area contributed by atoms with Gasteiger partial charge in [0, 0.05) is 6.07 Å². The molecular formula is C21H22ClN3O8. The quantitative estimate of drug-likeness (QED) is 0.366. The van der Waals surface area contributed by atoms with E-state index in [1.54, 1.807) is 25.1 Å². The van der Waals surface area contributed by atoms with Crippen molar-refractivity contribution < 1.29 is 38.9 Å². The Hall–Kier alpha value is -3.99. The summed E-state index contributed by atoms with van der Waals surface area (Å²) in [5, 5.41) is 25.6. The predicted molar refractivity (Wildman–Crippen MR) is 120 cm³/mol. The number of carboxylic acid groups (broad SMARTS) is 2. The van der Waals surface area contributed by atoms with E-state index in [4.69, 9.17) is 26.2 Å². The third kappa shape index (κ3) is 6.50. The fraction of sp³-hybridized carbons (Fsp3) is 0.238. The van der Waals surface area contributed by atoms with Gasteiger partial charge >= 0.3 is 18.0 Å². The molecule has 0 spiro atoms. The number of hydrogen-bond acceptors (Lipinski definition) is 6. The Morgan fingerprint density at radius 3 is 2.21 bits per heavy atom. The van der Waals surface area contributed by atoms with E-state index in [9.17, 15) is 24.3 Å². The van der Waals surface area contributed by atoms with Gasteiger partial charge in [0.2, 0.25) is 0 Å². The number of aryl methyl sites for hydroxylation is 1. The summed E-state index contributed by atoms with van der Waals surface area (Å²) in [7, 11) is 2.67. The maximum Gasteiger partial charge on any atom is 0.326 e. The zero-order chi connectivity index (χ0) is 24.7. The summed E-state index contributed by atoms with van der Waals surface area (Å²) >= 11 is 6.13. The number of para-hydroxylation sites is 1. The van der Waals surface area contributed by atoms with Crippen LogP contribution in [0.25, 0.3) is 0 Å². The van der Waals surface area contributed by atoms with Crippen LogP contribution >= 0.6 is 11.6 Å². The summed E-state index contributed by atoms with van der Waals surface area (Å²) in [4.78, 5) is 47.7. The summed E-state index contributed by atoms with van der Waals surface area (Å²) in [6.07, 6.45) is -0.844. The van der Waals surface area contributed by atoms with Crippen LogP contribution in [0.5, 0.6) is 11.5 Å². The van der Waals surface area contributed by atoms with E-state index in [2.05, 4.69) is 16.0 Å². The highest BCUT2D eigenvalue weighted by molar-refractivity contribution is 6.34. The number of halogens is 1. The van der Waals surface area contributed by atoms with Gasteiger partial charge in [-0.2, -0.15) is 0 Å². The Kier molecular flexibility index (Phi) is 8.46. The fourth-order valence-corrected chi connectivity index (χ4v) is 3.11. The van der Waals surface area contributed by atoms with E-state index in [1.165, 1.54) is 26.4 Å². The Labute approximate surface area is 193 Å². The van der Waals surface area contributed by atoms with Gasteiger partial charge in [0.25, 0.3) is 5.91 Å². The molecule has 3 amide bonds. The average molecular weight is 480 g/mol. The lowest BCUT2D eigenvalue weighted by Gasteiger charge is -2.18. The smallest absolute Gasteiger partial charge is 0.326 e. The van der Waals surface area contributed by atoms with E-state index in [0.29, 0.717) is 16.3 Å². The fourth-order valence-electron chi connectivity index (χ4n) is 2.84. The number of ether oxygens (including phenoxy) is 2. The summed E-state index contributed by atoms with van der Waals surface area (Å²) in [5.41, 5.74) is 0.818. The average Bonchev–Trinajstić information content (AvgIpc) is 2.75. The molecule has 176 valence electrons. The van der Waals surface area contributed by atoms with Crippen molar-refractivity contribution in [2.75, 3.05) is 24.9 Å². The van der Waals surface area contributed by atoms with Crippen LogP contribution in [-0.2, 0) is 9.59 Å². The van der Waals surface area contributed by atoms with E-state index in [1.807, 2.05) is 0 Å². The third-order valence-corrected chi connectivity index (χ3v) is 4.77. The largest absolute Gasteiger partial charge is 0.493 e. The lowest BCUT2D eigenvalue weighted by atomic mass is 10.1. The minimum atomic E-state index is -1.70. The highest BCUT2D eigenvalue weighted by Crippen LogP contribution is 2.34. The van der Waals surface area contributed by atoms with Gasteiger partial charge < -0.3 is 35.6 Å². The van der Waals surface area contributed by atoms with E-state index in [-0.39, 0.29) is 22.7 Å². The molecule has 33 heavy (non-hydrogen) atoms. The second-order valence-corrected chi connectivity index (χ2v) is 7.13. The summed E-state index contributed by atoms with van der Waals surface area (Å²) in [5.74, 6) is -3.59. The Morgan fingerprint density at radius 1 is 1.03 bits per heavy atom. The normalized spacial score (nSPS) is 11.2. The number of methoxy groups -OCH3 is 2. The molecule has 0 radical (unpaired) electrons. The predicted octanol–water partition coefficient (Wildman–Crippen LogP) is 2.97. The van der Waals surface area contributed by atoms with Crippen molar-refractivity contribution in [3.8, 4) is 11.5 Å². The van der Waals surface area contributed by atoms with Crippen LogP contribution in [0.3, 0.4) is 0 Å². The Morgan fingerprint density at radius 2 is 1.67 bits per heavy atom. The molecule has 2 rings (SSSR count). The zero-order valence-corrected chi connectivity index (χ0v) is 18.6. The zero-order valence-electron chi connectivity index (χ0n) is 17.9. The van der Waals surface area contributed by atoms with Gasteiger partial charge in [-0.3, -0.25) is 9.59 Å². The van der Waals surface area contributed by atoms with Gasteiger partial charge in [-0.05, 0) is 24.6 Å².